The molecule has 0 heterocycles. The molecule has 0 spiro atoms. The number of phosphoric acid groups is 2. The molecule has 0 aromatic carbocycles. The molecule has 0 amide bonds. The molecule has 0 aliphatic heterocycles. The van der Waals surface area contributed by atoms with Crippen LogP contribution in [0.2, 0.25) is 0 Å². The van der Waals surface area contributed by atoms with Gasteiger partial charge in [0.15, 0.2) is 12.2 Å². The van der Waals surface area contributed by atoms with Gasteiger partial charge in [-0.25, -0.2) is 9.13 Å². The van der Waals surface area contributed by atoms with Crippen molar-refractivity contribution in [2.24, 2.45) is 17.8 Å². The molecule has 6 atom stereocenters. The minimum Gasteiger partial charge on any atom is -0.462 e. The van der Waals surface area contributed by atoms with E-state index in [1.807, 2.05) is 0 Å². The van der Waals surface area contributed by atoms with Gasteiger partial charge in [0.2, 0.25) is 0 Å². The van der Waals surface area contributed by atoms with Crippen LogP contribution in [0.1, 0.15) is 421 Å². The van der Waals surface area contributed by atoms with Crippen molar-refractivity contribution in [1.82, 2.24) is 0 Å². The van der Waals surface area contributed by atoms with Crippen LogP contribution in [0, 0.1) is 17.8 Å². The lowest BCUT2D eigenvalue weighted by atomic mass is 9.99. The van der Waals surface area contributed by atoms with E-state index in [9.17, 15) is 43.2 Å². The first kappa shape index (κ1) is 102. The van der Waals surface area contributed by atoms with Crippen molar-refractivity contribution in [2.75, 3.05) is 39.6 Å². The maximum absolute atomic E-state index is 13.1. The second-order valence-electron chi connectivity index (χ2n) is 31.1. The van der Waals surface area contributed by atoms with Gasteiger partial charge in [-0.3, -0.25) is 37.3 Å². The molecule has 19 heteroatoms. The normalized spacial score (nSPS) is 14.3. The number of carbonyl (C=O) groups is 4. The van der Waals surface area contributed by atoms with Crippen molar-refractivity contribution >= 4 is 39.5 Å². The number of unbranched alkanes of at least 4 members (excludes halogenated alkanes) is 45. The molecule has 0 saturated carbocycles. The number of esters is 4. The van der Waals surface area contributed by atoms with Crippen LogP contribution < -0.4 is 0 Å². The molecule has 0 bridgehead atoms. The standard InChI is InChI=1S/C85H162O17P2/c1-8-10-11-12-13-14-15-16-22-30-35-40-45-54-61-68-84(89)101-80(72-95-82(87)66-59-52-44-39-34-29-26-21-23-27-32-37-42-49-56-63-76(3)4)74-99-103(91,92)97-70-79(86)71-98-104(93,94)100-75-81(73-96-83(88)67-60-53-48-47-50-57-64-77(5)6)102-85(90)69-62-55-46-41-36-31-25-20-18-17-19-24-28-33-38-43-51-58-65-78(7)9-2/h14-16,22,76-81,86H,8-13,17-21,23-75H2,1-7H3,(H,91,92)(H,93,94)/b15-14-,22-16-/t78?,79-,80-,81-/m1/s1. The molecule has 0 aliphatic carbocycles. The Kier molecular flexibility index (Phi) is 72.9. The second kappa shape index (κ2) is 74.6. The third-order valence-corrected chi connectivity index (χ3v) is 21.5. The summed E-state index contributed by atoms with van der Waals surface area (Å²) in [7, 11) is -9.94. The van der Waals surface area contributed by atoms with E-state index < -0.39 is 97.5 Å². The van der Waals surface area contributed by atoms with E-state index in [4.69, 9.17) is 37.0 Å². The maximum Gasteiger partial charge on any atom is 0.472 e. The third kappa shape index (κ3) is 76.3. The fourth-order valence-electron chi connectivity index (χ4n) is 12.6. The summed E-state index contributed by atoms with van der Waals surface area (Å²) in [5, 5.41) is 10.7. The zero-order valence-corrected chi connectivity index (χ0v) is 69.8. The Bertz CT molecular complexity index is 2110. The van der Waals surface area contributed by atoms with E-state index in [2.05, 4.69) is 72.8 Å². The number of carbonyl (C=O) groups excluding carboxylic acids is 4. The molecule has 17 nitrogen and oxygen atoms in total. The summed E-state index contributed by atoms with van der Waals surface area (Å²) < 4.78 is 68.7. The van der Waals surface area contributed by atoms with Gasteiger partial charge in [0.05, 0.1) is 26.4 Å². The third-order valence-electron chi connectivity index (χ3n) is 19.6. The van der Waals surface area contributed by atoms with Crippen LogP contribution >= 0.6 is 15.6 Å². The molecule has 0 aromatic heterocycles. The number of hydrogen-bond acceptors (Lipinski definition) is 15. The molecule has 3 unspecified atom stereocenters. The average molecular weight is 1520 g/mol. The first-order valence-corrected chi connectivity index (χ1v) is 46.2. The zero-order chi connectivity index (χ0) is 76.5. The predicted octanol–water partition coefficient (Wildman–Crippen LogP) is 25.3. The number of phosphoric ester groups is 2. The summed E-state index contributed by atoms with van der Waals surface area (Å²) in [5.74, 6) is 0.212. The summed E-state index contributed by atoms with van der Waals surface area (Å²) in [4.78, 5) is 73.1. The summed E-state index contributed by atoms with van der Waals surface area (Å²) in [5.41, 5.74) is 0. The first-order chi connectivity index (χ1) is 50.3. The van der Waals surface area contributed by atoms with Crippen molar-refractivity contribution in [2.45, 2.75) is 439 Å². The molecule has 0 aromatic rings. The lowest BCUT2D eigenvalue weighted by Gasteiger charge is -2.21. The van der Waals surface area contributed by atoms with Crippen molar-refractivity contribution in [3.63, 3.8) is 0 Å². The van der Waals surface area contributed by atoms with Gasteiger partial charge in [-0.15, -0.1) is 0 Å². The number of aliphatic hydroxyl groups excluding tert-OH is 1. The molecule has 104 heavy (non-hydrogen) atoms. The number of ether oxygens (including phenoxy) is 4. The highest BCUT2D eigenvalue weighted by atomic mass is 31.2. The Labute approximate surface area is 637 Å². The van der Waals surface area contributed by atoms with Crippen LogP contribution in [0.5, 0.6) is 0 Å². The molecular weight excluding hydrogens is 1350 g/mol. The van der Waals surface area contributed by atoms with Crippen molar-refractivity contribution in [3.8, 4) is 0 Å². The summed E-state index contributed by atoms with van der Waals surface area (Å²) in [6.45, 7) is 11.9. The van der Waals surface area contributed by atoms with Crippen LogP contribution in [0.3, 0.4) is 0 Å². The average Bonchev–Trinajstić information content (AvgIpc) is 0.906. The SMILES string of the molecule is CCCCCC/C=C\C=C/CCCCCCCC(=O)O[C@H](COC(=O)CCCCCCCCCCCCCCCCCC(C)C)COP(=O)(O)OC[C@@H](O)COP(=O)(O)OC[C@@H](COC(=O)CCCCCCCCC(C)C)OC(=O)CCCCCCCCCCCCCCCCCCCCC(C)CC. The minimum atomic E-state index is -4.97. The number of rotatable bonds is 81. The van der Waals surface area contributed by atoms with Crippen LogP contribution in [-0.2, 0) is 65.4 Å². The summed E-state index contributed by atoms with van der Waals surface area (Å²) in [6, 6.07) is 0. The van der Waals surface area contributed by atoms with Gasteiger partial charge in [0.25, 0.3) is 0 Å². The molecule has 0 rings (SSSR count). The van der Waals surface area contributed by atoms with E-state index in [0.717, 1.165) is 121 Å². The molecule has 0 radical (unpaired) electrons. The Balaban J connectivity index is 5.20. The van der Waals surface area contributed by atoms with Crippen molar-refractivity contribution < 1.29 is 80.2 Å². The summed E-state index contributed by atoms with van der Waals surface area (Å²) in [6.07, 6.45) is 67.6. The van der Waals surface area contributed by atoms with Crippen LogP contribution in [-0.4, -0.2) is 96.7 Å². The molecule has 0 fully saturated rings. The van der Waals surface area contributed by atoms with E-state index >= 15 is 0 Å². The van der Waals surface area contributed by atoms with Gasteiger partial charge in [0, 0.05) is 25.7 Å². The van der Waals surface area contributed by atoms with Gasteiger partial charge < -0.3 is 33.8 Å². The van der Waals surface area contributed by atoms with Gasteiger partial charge in [-0.05, 0) is 69.1 Å². The van der Waals surface area contributed by atoms with E-state index in [1.54, 1.807) is 0 Å². The van der Waals surface area contributed by atoms with Crippen LogP contribution in [0.25, 0.3) is 0 Å². The molecule has 3 N–H and O–H groups in total. The molecular formula is C85H162O17P2. The van der Waals surface area contributed by atoms with Crippen LogP contribution in [0.4, 0.5) is 0 Å². The number of aliphatic hydroxyl groups is 1. The highest BCUT2D eigenvalue weighted by Gasteiger charge is 2.30. The fraction of sp³-hybridized carbons (Fsp3) is 0.906. The van der Waals surface area contributed by atoms with Gasteiger partial charge in [-0.2, -0.15) is 0 Å². The largest absolute Gasteiger partial charge is 0.472 e. The quantitative estimate of drug-likeness (QED) is 0.0169. The number of hydrogen-bond donors (Lipinski definition) is 3. The minimum absolute atomic E-state index is 0.0852. The van der Waals surface area contributed by atoms with E-state index in [0.29, 0.717) is 31.6 Å². The first-order valence-electron chi connectivity index (χ1n) is 43.2. The molecule has 614 valence electrons. The lowest BCUT2D eigenvalue weighted by molar-refractivity contribution is -0.161. The van der Waals surface area contributed by atoms with Crippen LogP contribution in [0.15, 0.2) is 24.3 Å². The monoisotopic (exact) mass is 1520 g/mol. The highest BCUT2D eigenvalue weighted by molar-refractivity contribution is 7.47. The highest BCUT2D eigenvalue weighted by Crippen LogP contribution is 2.45. The predicted molar refractivity (Wildman–Crippen MR) is 427 cm³/mol. The fourth-order valence-corrected chi connectivity index (χ4v) is 14.2. The Hall–Kier alpha value is -2.46. The van der Waals surface area contributed by atoms with Gasteiger partial charge >= 0.3 is 39.5 Å². The molecule has 0 aliphatic rings. The van der Waals surface area contributed by atoms with E-state index in [-0.39, 0.29) is 25.7 Å². The lowest BCUT2D eigenvalue weighted by Crippen LogP contribution is -2.30. The van der Waals surface area contributed by atoms with Gasteiger partial charge in [-0.1, -0.05) is 368 Å². The maximum atomic E-state index is 13.1. The summed E-state index contributed by atoms with van der Waals surface area (Å²) >= 11 is 0. The topological polar surface area (TPSA) is 237 Å². The zero-order valence-electron chi connectivity index (χ0n) is 68.0. The Morgan fingerprint density at radius 1 is 0.317 bits per heavy atom. The Morgan fingerprint density at radius 2 is 0.567 bits per heavy atom. The Morgan fingerprint density at radius 3 is 0.856 bits per heavy atom. The van der Waals surface area contributed by atoms with Crippen molar-refractivity contribution in [3.05, 3.63) is 24.3 Å². The second-order valence-corrected chi connectivity index (χ2v) is 34.0. The number of allylic oxidation sites excluding steroid dienone is 4. The smallest absolute Gasteiger partial charge is 0.462 e. The van der Waals surface area contributed by atoms with E-state index in [1.165, 1.54) is 212 Å². The molecule has 0 saturated heterocycles. The van der Waals surface area contributed by atoms with Gasteiger partial charge in [0.1, 0.15) is 19.3 Å². The van der Waals surface area contributed by atoms with Crippen molar-refractivity contribution in [1.29, 1.82) is 0 Å².